The SMILES string of the molecule is Cc1ccc(Sc2ccc(N3CCC[C@@H](C(=O)Nc4ccc(C)cc4C)C3)nn2)cc1. The van der Waals surface area contributed by atoms with Crippen LogP contribution in [0.25, 0.3) is 0 Å². The van der Waals surface area contributed by atoms with Crippen molar-refractivity contribution < 1.29 is 4.79 Å². The van der Waals surface area contributed by atoms with E-state index in [2.05, 4.69) is 64.6 Å². The lowest BCUT2D eigenvalue weighted by Gasteiger charge is -2.32. The topological polar surface area (TPSA) is 58.1 Å². The first-order chi connectivity index (χ1) is 15.0. The highest BCUT2D eigenvalue weighted by atomic mass is 32.2. The third-order valence-electron chi connectivity index (χ3n) is 5.63. The van der Waals surface area contributed by atoms with Crippen molar-refractivity contribution in [2.45, 2.75) is 43.5 Å². The molecule has 2 aromatic carbocycles. The molecule has 1 saturated heterocycles. The van der Waals surface area contributed by atoms with E-state index < -0.39 is 0 Å². The van der Waals surface area contributed by atoms with Crippen LogP contribution in [-0.2, 0) is 4.79 Å². The average molecular weight is 433 g/mol. The summed E-state index contributed by atoms with van der Waals surface area (Å²) in [4.78, 5) is 16.2. The van der Waals surface area contributed by atoms with Crippen LogP contribution in [0.2, 0.25) is 0 Å². The molecule has 2 heterocycles. The molecular formula is C25H28N4OS. The Balaban J connectivity index is 1.38. The summed E-state index contributed by atoms with van der Waals surface area (Å²) in [5.74, 6) is 0.853. The van der Waals surface area contributed by atoms with Gasteiger partial charge < -0.3 is 10.2 Å². The summed E-state index contributed by atoms with van der Waals surface area (Å²) in [5.41, 5.74) is 4.42. The molecule has 31 heavy (non-hydrogen) atoms. The molecule has 0 unspecified atom stereocenters. The fraction of sp³-hybridized carbons (Fsp3) is 0.320. The van der Waals surface area contributed by atoms with E-state index in [4.69, 9.17) is 0 Å². The summed E-state index contributed by atoms with van der Waals surface area (Å²) in [7, 11) is 0. The van der Waals surface area contributed by atoms with Gasteiger partial charge in [0.25, 0.3) is 0 Å². The highest BCUT2D eigenvalue weighted by molar-refractivity contribution is 7.99. The molecule has 1 N–H and O–H groups in total. The van der Waals surface area contributed by atoms with Gasteiger partial charge in [-0.2, -0.15) is 0 Å². The van der Waals surface area contributed by atoms with Crippen molar-refractivity contribution in [3.8, 4) is 0 Å². The predicted molar refractivity (Wildman–Crippen MR) is 127 cm³/mol. The van der Waals surface area contributed by atoms with E-state index in [1.807, 2.05) is 31.2 Å². The molecule has 0 aliphatic carbocycles. The van der Waals surface area contributed by atoms with Crippen LogP contribution in [-0.4, -0.2) is 29.2 Å². The first-order valence-electron chi connectivity index (χ1n) is 10.7. The summed E-state index contributed by atoms with van der Waals surface area (Å²) < 4.78 is 0. The Morgan fingerprint density at radius 1 is 1.00 bits per heavy atom. The van der Waals surface area contributed by atoms with Gasteiger partial charge in [0.15, 0.2) is 5.82 Å². The van der Waals surface area contributed by atoms with E-state index in [1.54, 1.807) is 11.8 Å². The minimum atomic E-state index is -0.0575. The van der Waals surface area contributed by atoms with Crippen LogP contribution in [0.5, 0.6) is 0 Å². The van der Waals surface area contributed by atoms with Crippen LogP contribution in [0.3, 0.4) is 0 Å². The monoisotopic (exact) mass is 432 g/mol. The molecule has 1 aliphatic heterocycles. The molecule has 3 aromatic rings. The van der Waals surface area contributed by atoms with Crippen molar-refractivity contribution >= 4 is 29.2 Å². The van der Waals surface area contributed by atoms with Gasteiger partial charge in [0, 0.05) is 23.7 Å². The molecule has 0 saturated carbocycles. The zero-order chi connectivity index (χ0) is 21.8. The zero-order valence-electron chi connectivity index (χ0n) is 18.3. The smallest absolute Gasteiger partial charge is 0.229 e. The number of carbonyl (C=O) groups is 1. The number of rotatable bonds is 5. The summed E-state index contributed by atoms with van der Waals surface area (Å²) in [6, 6.07) is 18.5. The zero-order valence-corrected chi connectivity index (χ0v) is 19.1. The van der Waals surface area contributed by atoms with Gasteiger partial charge in [-0.1, -0.05) is 47.2 Å². The second kappa shape index (κ2) is 9.52. The fourth-order valence-corrected chi connectivity index (χ4v) is 4.58. The molecule has 0 radical (unpaired) electrons. The molecule has 0 bridgehead atoms. The number of carbonyl (C=O) groups excluding carboxylic acids is 1. The van der Waals surface area contributed by atoms with Gasteiger partial charge >= 0.3 is 0 Å². The number of amides is 1. The predicted octanol–water partition coefficient (Wildman–Crippen LogP) is 5.41. The van der Waals surface area contributed by atoms with E-state index in [9.17, 15) is 4.79 Å². The van der Waals surface area contributed by atoms with Crippen molar-refractivity contribution in [1.82, 2.24) is 10.2 Å². The summed E-state index contributed by atoms with van der Waals surface area (Å²) in [6.45, 7) is 7.73. The third-order valence-corrected chi connectivity index (χ3v) is 6.56. The Labute approximate surface area is 188 Å². The van der Waals surface area contributed by atoms with Crippen LogP contribution in [0.1, 0.15) is 29.5 Å². The number of hydrogen-bond donors (Lipinski definition) is 1. The first kappa shape index (κ1) is 21.4. The molecule has 1 atom stereocenters. The Hall–Kier alpha value is -2.86. The Kier molecular flexibility index (Phi) is 6.56. The maximum atomic E-state index is 12.9. The summed E-state index contributed by atoms with van der Waals surface area (Å²) in [6.07, 6.45) is 1.86. The van der Waals surface area contributed by atoms with Crippen LogP contribution in [0.4, 0.5) is 11.5 Å². The number of nitrogens with one attached hydrogen (secondary N) is 1. The van der Waals surface area contributed by atoms with Gasteiger partial charge in [-0.15, -0.1) is 10.2 Å². The molecule has 0 spiro atoms. The van der Waals surface area contributed by atoms with Gasteiger partial charge in [-0.25, -0.2) is 0 Å². The largest absolute Gasteiger partial charge is 0.354 e. The molecule has 1 fully saturated rings. The van der Waals surface area contributed by atoms with Crippen molar-refractivity contribution in [3.63, 3.8) is 0 Å². The Morgan fingerprint density at radius 2 is 1.77 bits per heavy atom. The quantitative estimate of drug-likeness (QED) is 0.584. The van der Waals surface area contributed by atoms with Gasteiger partial charge in [0.05, 0.1) is 5.92 Å². The lowest BCUT2D eigenvalue weighted by Crippen LogP contribution is -2.41. The minimum Gasteiger partial charge on any atom is -0.354 e. The highest BCUT2D eigenvalue weighted by Gasteiger charge is 2.27. The van der Waals surface area contributed by atoms with Crippen LogP contribution < -0.4 is 10.2 Å². The summed E-state index contributed by atoms with van der Waals surface area (Å²) >= 11 is 1.60. The molecule has 4 rings (SSSR count). The maximum Gasteiger partial charge on any atom is 0.229 e. The third kappa shape index (κ3) is 5.44. The number of hydrogen-bond acceptors (Lipinski definition) is 5. The number of benzene rings is 2. The number of anilines is 2. The first-order valence-corrected chi connectivity index (χ1v) is 11.5. The molecule has 1 amide bonds. The minimum absolute atomic E-state index is 0.0575. The molecule has 5 nitrogen and oxygen atoms in total. The van der Waals surface area contributed by atoms with E-state index in [0.29, 0.717) is 6.54 Å². The van der Waals surface area contributed by atoms with Crippen molar-refractivity contribution in [2.75, 3.05) is 23.3 Å². The molecule has 6 heteroatoms. The van der Waals surface area contributed by atoms with Crippen LogP contribution in [0, 0.1) is 26.7 Å². The van der Waals surface area contributed by atoms with Crippen LogP contribution in [0.15, 0.2) is 64.5 Å². The van der Waals surface area contributed by atoms with E-state index in [0.717, 1.165) is 46.4 Å². The van der Waals surface area contributed by atoms with Gasteiger partial charge in [-0.05, 0) is 69.5 Å². The second-order valence-electron chi connectivity index (χ2n) is 8.24. The fourth-order valence-electron chi connectivity index (χ4n) is 3.85. The van der Waals surface area contributed by atoms with Crippen molar-refractivity contribution in [3.05, 3.63) is 71.3 Å². The van der Waals surface area contributed by atoms with Crippen molar-refractivity contribution in [1.29, 1.82) is 0 Å². The van der Waals surface area contributed by atoms with E-state index in [-0.39, 0.29) is 11.8 Å². The second-order valence-corrected chi connectivity index (χ2v) is 9.33. The normalized spacial score (nSPS) is 16.2. The van der Waals surface area contributed by atoms with Gasteiger partial charge in [0.2, 0.25) is 5.91 Å². The van der Waals surface area contributed by atoms with Crippen molar-refractivity contribution in [2.24, 2.45) is 5.92 Å². The summed E-state index contributed by atoms with van der Waals surface area (Å²) in [5, 5.41) is 12.8. The number of aromatic nitrogens is 2. The van der Waals surface area contributed by atoms with Gasteiger partial charge in [-0.3, -0.25) is 4.79 Å². The molecule has 1 aromatic heterocycles. The number of piperidine rings is 1. The molecular weight excluding hydrogens is 404 g/mol. The number of aryl methyl sites for hydroxylation is 3. The Bertz CT molecular complexity index is 1050. The molecule has 1 aliphatic rings. The lowest BCUT2D eigenvalue weighted by atomic mass is 9.96. The maximum absolute atomic E-state index is 12.9. The number of nitrogens with zero attached hydrogens (tertiary/aromatic N) is 3. The lowest BCUT2D eigenvalue weighted by molar-refractivity contribution is -0.120. The van der Waals surface area contributed by atoms with Gasteiger partial charge in [0.1, 0.15) is 5.03 Å². The van der Waals surface area contributed by atoms with Crippen LogP contribution >= 0.6 is 11.8 Å². The molecule has 160 valence electrons. The average Bonchev–Trinajstić information content (AvgIpc) is 2.78. The standard InChI is InChI=1S/C25H28N4OS/c1-17-6-9-21(10-7-17)31-24-13-12-23(27-28-24)29-14-4-5-20(16-29)25(30)26-22-11-8-18(2)15-19(22)3/h6-13,15,20H,4-5,14,16H2,1-3H3,(H,26,30)/t20-/m1/s1. The van der Waals surface area contributed by atoms with E-state index >= 15 is 0 Å². The highest BCUT2D eigenvalue weighted by Crippen LogP contribution is 2.28. The Morgan fingerprint density at radius 3 is 2.48 bits per heavy atom. The van der Waals surface area contributed by atoms with E-state index in [1.165, 1.54) is 11.1 Å².